The van der Waals surface area contributed by atoms with Crippen LogP contribution < -0.4 is 4.74 Å². The van der Waals surface area contributed by atoms with Gasteiger partial charge < -0.3 is 4.74 Å². The van der Waals surface area contributed by atoms with Gasteiger partial charge in [0.25, 0.3) is 0 Å². The van der Waals surface area contributed by atoms with E-state index in [-0.39, 0.29) is 0 Å². The van der Waals surface area contributed by atoms with Gasteiger partial charge in [-0.2, -0.15) is 0 Å². The molecule has 1 aromatic carbocycles. The minimum atomic E-state index is 0.386. The third-order valence-corrected chi connectivity index (χ3v) is 3.14. The van der Waals surface area contributed by atoms with E-state index in [4.69, 9.17) is 27.9 Å². The maximum Gasteiger partial charge on any atom is 0.125 e. The normalized spacial score (nSPS) is 12.5. The fraction of sp³-hybridized carbons (Fsp3) is 0.538. The third-order valence-electron chi connectivity index (χ3n) is 2.51. The highest BCUT2D eigenvalue weighted by Crippen LogP contribution is 2.28. The highest BCUT2D eigenvalue weighted by molar-refractivity contribution is 6.32. The Hall–Kier alpha value is -0.400. The van der Waals surface area contributed by atoms with Gasteiger partial charge in [0.05, 0.1) is 12.5 Å². The number of hydrogen-bond acceptors (Lipinski definition) is 1. The van der Waals surface area contributed by atoms with E-state index in [1.165, 1.54) is 12.8 Å². The largest absolute Gasteiger partial charge is 0.493 e. The highest BCUT2D eigenvalue weighted by atomic mass is 35.5. The summed E-state index contributed by atoms with van der Waals surface area (Å²) in [5, 5.41) is 0.677. The zero-order valence-corrected chi connectivity index (χ0v) is 11.3. The Morgan fingerprint density at radius 3 is 2.75 bits per heavy atom. The van der Waals surface area contributed by atoms with Gasteiger partial charge in [0.15, 0.2) is 0 Å². The van der Waals surface area contributed by atoms with Gasteiger partial charge in [0.1, 0.15) is 5.75 Å². The van der Waals surface area contributed by atoms with E-state index in [9.17, 15) is 0 Å². The molecule has 0 aromatic heterocycles. The second-order valence-corrected chi connectivity index (χ2v) is 4.73. The molecule has 16 heavy (non-hydrogen) atoms. The standard InChI is InChI=1S/C13H18Cl2O/c1-3-5-10(2)9-16-13-7-4-6-12(15)11(13)8-14/h4,6-7,10H,3,5,8-9H2,1-2H3. The minimum Gasteiger partial charge on any atom is -0.493 e. The van der Waals surface area contributed by atoms with Crippen LogP contribution in [0.15, 0.2) is 18.2 Å². The van der Waals surface area contributed by atoms with Crippen LogP contribution >= 0.6 is 23.2 Å². The quantitative estimate of drug-likeness (QED) is 0.662. The van der Waals surface area contributed by atoms with Crippen molar-refractivity contribution in [1.29, 1.82) is 0 Å². The minimum absolute atomic E-state index is 0.386. The number of benzene rings is 1. The van der Waals surface area contributed by atoms with E-state index in [0.717, 1.165) is 17.9 Å². The van der Waals surface area contributed by atoms with E-state index in [0.29, 0.717) is 16.8 Å². The van der Waals surface area contributed by atoms with Crippen LogP contribution in [0.4, 0.5) is 0 Å². The van der Waals surface area contributed by atoms with E-state index in [2.05, 4.69) is 13.8 Å². The van der Waals surface area contributed by atoms with Crippen molar-refractivity contribution in [2.75, 3.05) is 6.61 Å². The maximum absolute atomic E-state index is 6.04. The number of rotatable bonds is 6. The summed E-state index contributed by atoms with van der Waals surface area (Å²) >= 11 is 11.9. The molecule has 1 unspecified atom stereocenters. The predicted octanol–water partition coefficient (Wildman–Crippen LogP) is 4.89. The van der Waals surface area contributed by atoms with Crippen molar-refractivity contribution in [2.24, 2.45) is 5.92 Å². The molecule has 0 aliphatic heterocycles. The Morgan fingerprint density at radius 1 is 1.38 bits per heavy atom. The van der Waals surface area contributed by atoms with Crippen molar-refractivity contribution in [3.05, 3.63) is 28.8 Å². The Morgan fingerprint density at radius 2 is 2.12 bits per heavy atom. The summed E-state index contributed by atoms with van der Waals surface area (Å²) in [6.07, 6.45) is 2.36. The molecule has 0 fully saturated rings. The summed E-state index contributed by atoms with van der Waals surface area (Å²) in [6, 6.07) is 5.64. The van der Waals surface area contributed by atoms with Gasteiger partial charge in [-0.05, 0) is 24.5 Å². The van der Waals surface area contributed by atoms with Gasteiger partial charge in [-0.15, -0.1) is 11.6 Å². The van der Waals surface area contributed by atoms with Crippen LogP contribution in [0.2, 0.25) is 5.02 Å². The molecule has 1 aromatic rings. The predicted molar refractivity (Wildman–Crippen MR) is 70.6 cm³/mol. The van der Waals surface area contributed by atoms with Crippen LogP contribution in [-0.2, 0) is 5.88 Å². The monoisotopic (exact) mass is 260 g/mol. The van der Waals surface area contributed by atoms with Crippen LogP contribution in [-0.4, -0.2) is 6.61 Å². The molecule has 0 N–H and O–H groups in total. The molecule has 0 saturated heterocycles. The van der Waals surface area contributed by atoms with Gasteiger partial charge in [-0.25, -0.2) is 0 Å². The first-order chi connectivity index (χ1) is 7.69. The summed E-state index contributed by atoms with van der Waals surface area (Å²) < 4.78 is 5.75. The SMILES string of the molecule is CCCC(C)COc1cccc(Cl)c1CCl. The topological polar surface area (TPSA) is 9.23 Å². The van der Waals surface area contributed by atoms with Gasteiger partial charge in [0.2, 0.25) is 0 Å². The second kappa shape index (κ2) is 7.03. The van der Waals surface area contributed by atoms with E-state index in [1.54, 1.807) is 0 Å². The summed E-state index contributed by atoms with van der Waals surface area (Å²) in [6.45, 7) is 5.09. The lowest BCUT2D eigenvalue weighted by atomic mass is 10.1. The lowest BCUT2D eigenvalue weighted by Crippen LogP contribution is -2.09. The van der Waals surface area contributed by atoms with Crippen molar-refractivity contribution < 1.29 is 4.74 Å². The van der Waals surface area contributed by atoms with Gasteiger partial charge in [0, 0.05) is 10.6 Å². The van der Waals surface area contributed by atoms with Crippen LogP contribution in [0.25, 0.3) is 0 Å². The van der Waals surface area contributed by atoms with Crippen molar-refractivity contribution in [3.63, 3.8) is 0 Å². The molecule has 0 aliphatic rings. The number of halogens is 2. The number of ether oxygens (including phenoxy) is 1. The Balaban J connectivity index is 2.63. The zero-order valence-electron chi connectivity index (χ0n) is 9.80. The number of alkyl halides is 1. The average molecular weight is 261 g/mol. The van der Waals surface area contributed by atoms with Crippen molar-refractivity contribution in [1.82, 2.24) is 0 Å². The molecular weight excluding hydrogens is 243 g/mol. The summed E-state index contributed by atoms with van der Waals surface area (Å²) in [5.74, 6) is 1.76. The first-order valence-electron chi connectivity index (χ1n) is 5.65. The fourth-order valence-electron chi connectivity index (χ4n) is 1.61. The van der Waals surface area contributed by atoms with Crippen molar-refractivity contribution in [3.8, 4) is 5.75 Å². The van der Waals surface area contributed by atoms with Crippen molar-refractivity contribution >= 4 is 23.2 Å². The van der Waals surface area contributed by atoms with Gasteiger partial charge in [-0.3, -0.25) is 0 Å². The van der Waals surface area contributed by atoms with Gasteiger partial charge in [-0.1, -0.05) is 37.9 Å². The van der Waals surface area contributed by atoms with Crippen LogP contribution in [0.1, 0.15) is 32.3 Å². The lowest BCUT2D eigenvalue weighted by molar-refractivity contribution is 0.250. The zero-order chi connectivity index (χ0) is 12.0. The maximum atomic E-state index is 6.04. The van der Waals surface area contributed by atoms with Crippen LogP contribution in [0.5, 0.6) is 5.75 Å². The fourth-order valence-corrected chi connectivity index (χ4v) is 2.19. The van der Waals surface area contributed by atoms with E-state index >= 15 is 0 Å². The molecule has 0 bridgehead atoms. The molecule has 3 heteroatoms. The molecule has 0 heterocycles. The Bertz CT molecular complexity index is 326. The third kappa shape index (κ3) is 3.88. The number of hydrogen-bond donors (Lipinski definition) is 0. The van der Waals surface area contributed by atoms with E-state index in [1.807, 2.05) is 18.2 Å². The van der Waals surface area contributed by atoms with E-state index < -0.39 is 0 Å². The Labute approximate surface area is 108 Å². The second-order valence-electron chi connectivity index (χ2n) is 4.06. The molecule has 0 amide bonds. The summed E-state index contributed by atoms with van der Waals surface area (Å²) in [4.78, 5) is 0. The van der Waals surface area contributed by atoms with Gasteiger partial charge >= 0.3 is 0 Å². The van der Waals surface area contributed by atoms with Crippen LogP contribution in [0, 0.1) is 5.92 Å². The van der Waals surface area contributed by atoms with Crippen molar-refractivity contribution in [2.45, 2.75) is 32.6 Å². The summed E-state index contributed by atoms with van der Waals surface area (Å²) in [7, 11) is 0. The molecule has 1 nitrogen and oxygen atoms in total. The van der Waals surface area contributed by atoms with Crippen LogP contribution in [0.3, 0.4) is 0 Å². The molecule has 0 saturated carbocycles. The lowest BCUT2D eigenvalue weighted by Gasteiger charge is -2.14. The Kier molecular flexibility index (Phi) is 6.00. The first kappa shape index (κ1) is 13.7. The molecule has 0 aliphatic carbocycles. The molecule has 0 radical (unpaired) electrons. The molecule has 1 rings (SSSR count). The first-order valence-corrected chi connectivity index (χ1v) is 6.56. The smallest absolute Gasteiger partial charge is 0.125 e. The highest BCUT2D eigenvalue weighted by Gasteiger charge is 2.08. The summed E-state index contributed by atoms with van der Waals surface area (Å²) in [5.41, 5.74) is 0.884. The molecule has 0 spiro atoms. The molecule has 1 atom stereocenters. The molecule has 90 valence electrons. The average Bonchev–Trinajstić information content (AvgIpc) is 2.27. The molecular formula is C13H18Cl2O.